The number of nitrogens with zero attached hydrogens (tertiary/aromatic N) is 1. The first-order chi connectivity index (χ1) is 13.9. The van der Waals surface area contributed by atoms with E-state index in [0.717, 1.165) is 30.6 Å². The van der Waals surface area contributed by atoms with Crippen LogP contribution in [0.2, 0.25) is 0 Å². The predicted octanol–water partition coefficient (Wildman–Crippen LogP) is 6.30. The van der Waals surface area contributed by atoms with Crippen LogP contribution < -0.4 is 0 Å². The van der Waals surface area contributed by atoms with Crippen LogP contribution in [-0.4, -0.2) is 23.8 Å². The minimum Gasteiger partial charge on any atom is -0.377 e. The zero-order chi connectivity index (χ0) is 20.2. The number of piperidine rings is 1. The molecule has 5 aliphatic rings. The monoisotopic (exact) mass is 393 g/mol. The Morgan fingerprint density at radius 2 is 1.86 bits per heavy atom. The van der Waals surface area contributed by atoms with E-state index >= 15 is 0 Å². The Bertz CT molecular complexity index is 769. The molecule has 4 aliphatic carbocycles. The van der Waals surface area contributed by atoms with Crippen molar-refractivity contribution >= 4 is 5.78 Å². The van der Waals surface area contributed by atoms with E-state index in [1.165, 1.54) is 63.6 Å². The number of carbonyl (C=O) groups excluding carboxylic acids is 1. The molecule has 0 radical (unpaired) electrons. The number of likely N-dealkylation sites (tertiary alicyclic amines) is 1. The maximum Gasteiger partial charge on any atom is 0.156 e. The molecule has 158 valence electrons. The van der Waals surface area contributed by atoms with Crippen LogP contribution in [0.1, 0.15) is 78.6 Å². The molecule has 2 saturated carbocycles. The lowest BCUT2D eigenvalue weighted by molar-refractivity contribution is -0.116. The van der Waals surface area contributed by atoms with Crippen molar-refractivity contribution < 1.29 is 4.79 Å². The fourth-order valence-electron chi connectivity index (χ4n) is 8.17. The van der Waals surface area contributed by atoms with Gasteiger partial charge in [0.15, 0.2) is 5.78 Å². The minimum absolute atomic E-state index is 0.228. The van der Waals surface area contributed by atoms with E-state index < -0.39 is 0 Å². The summed E-state index contributed by atoms with van der Waals surface area (Å²) in [6, 6.07) is 0. The summed E-state index contributed by atoms with van der Waals surface area (Å²) in [6.07, 6.45) is 20.7. The molecule has 6 atom stereocenters. The van der Waals surface area contributed by atoms with Crippen molar-refractivity contribution in [2.75, 3.05) is 13.1 Å². The zero-order valence-electron chi connectivity index (χ0n) is 18.8. The van der Waals surface area contributed by atoms with Crippen molar-refractivity contribution in [2.24, 2.45) is 34.5 Å². The molecule has 3 unspecified atom stereocenters. The molecule has 0 N–H and O–H groups in total. The first kappa shape index (κ1) is 19.6. The largest absolute Gasteiger partial charge is 0.377 e. The average Bonchev–Trinajstić information content (AvgIpc) is 3.06. The van der Waals surface area contributed by atoms with Gasteiger partial charge >= 0.3 is 0 Å². The molecule has 1 aliphatic heterocycles. The molecule has 5 rings (SSSR count). The highest BCUT2D eigenvalue weighted by Gasteiger charge is 2.58. The number of hydrogen-bond donors (Lipinski definition) is 0. The number of carbonyl (C=O) groups is 1. The Morgan fingerprint density at radius 3 is 2.66 bits per heavy atom. The third-order valence-corrected chi connectivity index (χ3v) is 9.84. The molecular formula is C27H39NO. The number of ketones is 1. The molecule has 0 aromatic rings. The lowest BCUT2D eigenvalue weighted by Gasteiger charge is -2.56. The lowest BCUT2D eigenvalue weighted by atomic mass is 9.48. The second-order valence-electron chi connectivity index (χ2n) is 11.3. The highest BCUT2D eigenvalue weighted by molar-refractivity contribution is 5.92. The van der Waals surface area contributed by atoms with Crippen molar-refractivity contribution in [3.63, 3.8) is 0 Å². The third-order valence-electron chi connectivity index (χ3n) is 9.84. The lowest BCUT2D eigenvalue weighted by Crippen LogP contribution is -2.49. The van der Waals surface area contributed by atoms with Gasteiger partial charge in [0.1, 0.15) is 0 Å². The first-order valence-corrected chi connectivity index (χ1v) is 12.3. The van der Waals surface area contributed by atoms with Gasteiger partial charge in [0.2, 0.25) is 0 Å². The van der Waals surface area contributed by atoms with Gasteiger partial charge in [-0.1, -0.05) is 31.6 Å². The molecule has 29 heavy (non-hydrogen) atoms. The van der Waals surface area contributed by atoms with Gasteiger partial charge < -0.3 is 4.90 Å². The quantitative estimate of drug-likeness (QED) is 0.548. The van der Waals surface area contributed by atoms with Crippen molar-refractivity contribution in [2.45, 2.75) is 78.6 Å². The van der Waals surface area contributed by atoms with Crippen molar-refractivity contribution in [1.82, 2.24) is 4.90 Å². The molecule has 1 saturated heterocycles. The Morgan fingerprint density at radius 1 is 1.07 bits per heavy atom. The van der Waals surface area contributed by atoms with E-state index in [4.69, 9.17) is 0 Å². The maximum absolute atomic E-state index is 12.0. The summed E-state index contributed by atoms with van der Waals surface area (Å²) in [5.74, 6) is 3.33. The third kappa shape index (κ3) is 3.08. The number of rotatable bonds is 2. The van der Waals surface area contributed by atoms with E-state index in [0.29, 0.717) is 17.1 Å². The first-order valence-electron chi connectivity index (χ1n) is 12.3. The van der Waals surface area contributed by atoms with Crippen molar-refractivity contribution in [1.29, 1.82) is 0 Å². The van der Waals surface area contributed by atoms with E-state index in [2.05, 4.69) is 44.0 Å². The average molecular weight is 394 g/mol. The van der Waals surface area contributed by atoms with Gasteiger partial charge in [-0.25, -0.2) is 0 Å². The van der Waals surface area contributed by atoms with Crippen LogP contribution in [0, 0.1) is 34.5 Å². The number of allylic oxidation sites excluding steroid dienone is 5. The predicted molar refractivity (Wildman–Crippen MR) is 119 cm³/mol. The Kier molecular flexibility index (Phi) is 4.83. The Hall–Kier alpha value is -1.31. The SMILES string of the molecule is C/C(=C/N1CCCCC1)[C@H]1CCC2C3C=CC4=CC(=O)CC[C@@]4(C)C3CC[C@@]21C. The van der Waals surface area contributed by atoms with Crippen LogP contribution in [-0.2, 0) is 4.79 Å². The molecule has 1 heterocycles. The van der Waals surface area contributed by atoms with Crippen LogP contribution in [0.3, 0.4) is 0 Å². The van der Waals surface area contributed by atoms with Crippen molar-refractivity contribution in [3.8, 4) is 0 Å². The summed E-state index contributed by atoms with van der Waals surface area (Å²) < 4.78 is 0. The summed E-state index contributed by atoms with van der Waals surface area (Å²) in [5, 5.41) is 0. The molecule has 0 spiro atoms. The summed E-state index contributed by atoms with van der Waals surface area (Å²) in [7, 11) is 0. The van der Waals surface area contributed by atoms with Gasteiger partial charge in [-0.05, 0) is 111 Å². The summed E-state index contributed by atoms with van der Waals surface area (Å²) >= 11 is 0. The van der Waals surface area contributed by atoms with E-state index in [1.54, 1.807) is 5.57 Å². The van der Waals surface area contributed by atoms with Crippen LogP contribution in [0.4, 0.5) is 0 Å². The molecule has 0 amide bonds. The molecular weight excluding hydrogens is 354 g/mol. The van der Waals surface area contributed by atoms with Crippen LogP contribution in [0.15, 0.2) is 35.6 Å². The van der Waals surface area contributed by atoms with Crippen LogP contribution >= 0.6 is 0 Å². The fraction of sp³-hybridized carbons (Fsp3) is 0.741. The van der Waals surface area contributed by atoms with Gasteiger partial charge in [0, 0.05) is 19.5 Å². The van der Waals surface area contributed by atoms with Gasteiger partial charge in [-0.3, -0.25) is 4.79 Å². The molecule has 0 bridgehead atoms. The summed E-state index contributed by atoms with van der Waals surface area (Å²) in [5.41, 5.74) is 3.65. The molecule has 3 fully saturated rings. The molecule has 0 aromatic carbocycles. The van der Waals surface area contributed by atoms with Crippen LogP contribution in [0.5, 0.6) is 0 Å². The van der Waals surface area contributed by atoms with E-state index in [-0.39, 0.29) is 5.41 Å². The van der Waals surface area contributed by atoms with Gasteiger partial charge in [0.25, 0.3) is 0 Å². The molecule has 0 aromatic heterocycles. The van der Waals surface area contributed by atoms with Gasteiger partial charge in [-0.2, -0.15) is 0 Å². The number of fused-ring (bicyclic) bond motifs is 5. The zero-order valence-corrected chi connectivity index (χ0v) is 18.8. The van der Waals surface area contributed by atoms with E-state index in [1.807, 2.05) is 6.08 Å². The summed E-state index contributed by atoms with van der Waals surface area (Å²) in [4.78, 5) is 14.6. The van der Waals surface area contributed by atoms with Crippen molar-refractivity contribution in [3.05, 3.63) is 35.6 Å². The Labute approximate surface area is 177 Å². The molecule has 2 nitrogen and oxygen atoms in total. The van der Waals surface area contributed by atoms with Gasteiger partial charge in [0.05, 0.1) is 0 Å². The molecule has 2 heteroatoms. The highest BCUT2D eigenvalue weighted by atomic mass is 16.1. The topological polar surface area (TPSA) is 20.3 Å². The van der Waals surface area contributed by atoms with E-state index in [9.17, 15) is 4.79 Å². The highest BCUT2D eigenvalue weighted by Crippen LogP contribution is 2.66. The smallest absolute Gasteiger partial charge is 0.156 e. The standard InChI is InChI=1S/C27H39NO/c1-19(18-28-15-5-4-6-16-28)23-9-10-24-22-8-7-20-17-21(29)11-13-26(20,2)25(22)12-14-27(23,24)3/h7-8,17-18,22-25H,4-6,9-16H2,1-3H3/b19-18-/t22?,23-,24?,25?,26-,27-/m1/s1. The fourth-order valence-corrected chi connectivity index (χ4v) is 8.17. The second-order valence-corrected chi connectivity index (χ2v) is 11.3. The van der Waals surface area contributed by atoms with Gasteiger partial charge in [-0.15, -0.1) is 0 Å². The Balaban J connectivity index is 1.41. The number of hydrogen-bond acceptors (Lipinski definition) is 2. The maximum atomic E-state index is 12.0. The normalized spacial score (nSPS) is 44.8. The minimum atomic E-state index is 0.228. The second kappa shape index (κ2) is 7.13. The van der Waals surface area contributed by atoms with Crippen LogP contribution in [0.25, 0.3) is 0 Å². The summed E-state index contributed by atoms with van der Waals surface area (Å²) in [6.45, 7) is 10.0.